The molecule has 1 unspecified atom stereocenters. The predicted octanol–water partition coefficient (Wildman–Crippen LogP) is 4.72. The topological polar surface area (TPSA) is 18.5 Å². The highest BCUT2D eigenvalue weighted by atomic mass is 16.7. The molecule has 2 heteroatoms. The molecule has 0 saturated carbocycles. The van der Waals surface area contributed by atoms with Crippen molar-refractivity contribution >= 4 is 5.57 Å². The second-order valence-corrected chi connectivity index (χ2v) is 5.06. The van der Waals surface area contributed by atoms with Gasteiger partial charge in [-0.15, -0.1) is 0 Å². The molecular weight excluding hydrogens is 236 g/mol. The third-order valence-electron chi connectivity index (χ3n) is 3.66. The van der Waals surface area contributed by atoms with Gasteiger partial charge in [0.2, 0.25) is 0 Å². The van der Waals surface area contributed by atoms with Crippen molar-refractivity contribution in [2.75, 3.05) is 13.9 Å². The molecule has 0 saturated heterocycles. The quantitative estimate of drug-likeness (QED) is 0.544. The minimum Gasteiger partial charge on any atom is -0.359 e. The van der Waals surface area contributed by atoms with Gasteiger partial charge in [0.25, 0.3) is 0 Å². The van der Waals surface area contributed by atoms with E-state index in [1.165, 1.54) is 36.0 Å². The molecule has 0 spiro atoms. The summed E-state index contributed by atoms with van der Waals surface area (Å²) in [6, 6.07) is 8.61. The Morgan fingerprint density at radius 3 is 2.95 bits per heavy atom. The Balaban J connectivity index is 2.16. The van der Waals surface area contributed by atoms with Crippen LogP contribution in [-0.2, 0) is 9.47 Å². The van der Waals surface area contributed by atoms with Crippen LogP contribution in [0.4, 0.5) is 0 Å². The molecule has 1 aromatic carbocycles. The highest BCUT2D eigenvalue weighted by Gasteiger charge is 2.23. The van der Waals surface area contributed by atoms with Crippen molar-refractivity contribution < 1.29 is 9.47 Å². The van der Waals surface area contributed by atoms with Crippen LogP contribution in [0.1, 0.15) is 56.3 Å². The van der Waals surface area contributed by atoms with Crippen molar-refractivity contribution in [3.8, 4) is 0 Å². The minimum absolute atomic E-state index is 0.180. The summed E-state index contributed by atoms with van der Waals surface area (Å²) in [5.41, 5.74) is 4.17. The molecule has 0 N–H and O–H groups in total. The van der Waals surface area contributed by atoms with Gasteiger partial charge < -0.3 is 9.47 Å². The molecule has 1 atom stereocenters. The van der Waals surface area contributed by atoms with Gasteiger partial charge in [0, 0.05) is 7.11 Å². The lowest BCUT2D eigenvalue weighted by Crippen LogP contribution is -2.13. The summed E-state index contributed by atoms with van der Waals surface area (Å²) in [5, 5.41) is 0. The van der Waals surface area contributed by atoms with Gasteiger partial charge in [0.1, 0.15) is 6.79 Å². The Hall–Kier alpha value is -1.12. The second kappa shape index (κ2) is 7.46. The van der Waals surface area contributed by atoms with E-state index in [1.54, 1.807) is 7.11 Å². The van der Waals surface area contributed by atoms with E-state index in [1.807, 2.05) is 0 Å². The molecule has 2 rings (SSSR count). The molecule has 1 aliphatic carbocycles. The number of ether oxygens (including phenoxy) is 2. The van der Waals surface area contributed by atoms with Crippen molar-refractivity contribution in [2.45, 2.75) is 45.1 Å². The van der Waals surface area contributed by atoms with Gasteiger partial charge in [-0.25, -0.2) is 0 Å². The van der Waals surface area contributed by atoms with Crippen LogP contribution in [0, 0.1) is 0 Å². The average Bonchev–Trinajstić information content (AvgIpc) is 2.46. The molecule has 0 amide bonds. The molecular formula is C17H24O2. The fourth-order valence-electron chi connectivity index (χ4n) is 2.66. The Labute approximate surface area is 116 Å². The molecule has 104 valence electrons. The normalized spacial score (nSPS) is 20.5. The number of methoxy groups -OCH3 is 1. The predicted molar refractivity (Wildman–Crippen MR) is 78.9 cm³/mol. The summed E-state index contributed by atoms with van der Waals surface area (Å²) in [6.45, 7) is 2.61. The van der Waals surface area contributed by atoms with E-state index in [9.17, 15) is 0 Å². The van der Waals surface area contributed by atoms with Crippen LogP contribution >= 0.6 is 0 Å². The zero-order valence-electron chi connectivity index (χ0n) is 12.0. The summed E-state index contributed by atoms with van der Waals surface area (Å²) in [7, 11) is 1.67. The second-order valence-electron chi connectivity index (χ2n) is 5.06. The summed E-state index contributed by atoms with van der Waals surface area (Å²) in [4.78, 5) is 0. The number of hydrogen-bond donors (Lipinski definition) is 0. The number of unbranched alkanes of at least 4 members (excludes halogenated alkanes) is 2. The Morgan fingerprint density at radius 1 is 1.32 bits per heavy atom. The van der Waals surface area contributed by atoms with E-state index in [0.29, 0.717) is 6.79 Å². The maximum absolute atomic E-state index is 5.78. The smallest absolute Gasteiger partial charge is 0.147 e. The van der Waals surface area contributed by atoms with Gasteiger partial charge in [-0.2, -0.15) is 0 Å². The zero-order valence-corrected chi connectivity index (χ0v) is 12.0. The molecule has 0 radical (unpaired) electrons. The fourth-order valence-corrected chi connectivity index (χ4v) is 2.66. The van der Waals surface area contributed by atoms with Crippen molar-refractivity contribution in [1.29, 1.82) is 0 Å². The highest BCUT2D eigenvalue weighted by Crippen LogP contribution is 2.38. The van der Waals surface area contributed by atoms with E-state index in [4.69, 9.17) is 9.47 Å². The lowest BCUT2D eigenvalue weighted by molar-refractivity contribution is -0.0763. The lowest BCUT2D eigenvalue weighted by Gasteiger charge is -2.27. The average molecular weight is 260 g/mol. The minimum atomic E-state index is 0.180. The Morgan fingerprint density at radius 2 is 2.16 bits per heavy atom. The van der Waals surface area contributed by atoms with Gasteiger partial charge in [-0.1, -0.05) is 50.1 Å². The first kappa shape index (κ1) is 14.3. The summed E-state index contributed by atoms with van der Waals surface area (Å²) >= 11 is 0. The van der Waals surface area contributed by atoms with Crippen LogP contribution in [0.25, 0.3) is 5.57 Å². The summed E-state index contributed by atoms with van der Waals surface area (Å²) < 4.78 is 10.8. The van der Waals surface area contributed by atoms with Crippen LogP contribution in [0.15, 0.2) is 30.3 Å². The molecule has 2 nitrogen and oxygen atoms in total. The van der Waals surface area contributed by atoms with Crippen LogP contribution < -0.4 is 0 Å². The molecule has 0 fully saturated rings. The van der Waals surface area contributed by atoms with Crippen molar-refractivity contribution in [3.05, 3.63) is 41.5 Å². The standard InChI is InChI=1S/C17H24O2/c1-3-4-5-8-14-11-12-17(19-13-18-2)16-10-7-6-9-15(14)16/h6-10,17H,3-5,11-13H2,1-2H3/b14-8+. The number of allylic oxidation sites excluding steroid dienone is 2. The van der Waals surface area contributed by atoms with Crippen LogP contribution in [0.3, 0.4) is 0 Å². The molecule has 0 aliphatic heterocycles. The first-order valence-electron chi connectivity index (χ1n) is 7.25. The largest absolute Gasteiger partial charge is 0.359 e. The van der Waals surface area contributed by atoms with Gasteiger partial charge in [-0.3, -0.25) is 0 Å². The fraction of sp³-hybridized carbons (Fsp3) is 0.529. The number of benzene rings is 1. The van der Waals surface area contributed by atoms with Gasteiger partial charge in [-0.05, 0) is 36.0 Å². The zero-order chi connectivity index (χ0) is 13.5. The first-order valence-corrected chi connectivity index (χ1v) is 7.25. The first-order chi connectivity index (χ1) is 9.36. The van der Waals surface area contributed by atoms with Gasteiger partial charge >= 0.3 is 0 Å². The Bertz CT molecular complexity index is 423. The lowest BCUT2D eigenvalue weighted by atomic mass is 9.85. The molecule has 0 aromatic heterocycles. The maximum Gasteiger partial charge on any atom is 0.147 e. The van der Waals surface area contributed by atoms with Crippen molar-refractivity contribution in [1.82, 2.24) is 0 Å². The molecule has 19 heavy (non-hydrogen) atoms. The van der Waals surface area contributed by atoms with E-state index in [0.717, 1.165) is 12.8 Å². The summed E-state index contributed by atoms with van der Waals surface area (Å²) in [5.74, 6) is 0. The molecule has 1 aromatic rings. The SMILES string of the molecule is CCCC/C=C1\CCC(OCOC)c2ccccc21. The molecule has 0 bridgehead atoms. The number of fused-ring (bicyclic) bond motifs is 1. The van der Waals surface area contributed by atoms with Gasteiger partial charge in [0.05, 0.1) is 6.10 Å². The van der Waals surface area contributed by atoms with E-state index in [2.05, 4.69) is 37.3 Å². The number of rotatable bonds is 6. The van der Waals surface area contributed by atoms with E-state index >= 15 is 0 Å². The van der Waals surface area contributed by atoms with Crippen LogP contribution in [0.2, 0.25) is 0 Å². The van der Waals surface area contributed by atoms with Crippen LogP contribution in [-0.4, -0.2) is 13.9 Å². The van der Waals surface area contributed by atoms with E-state index in [-0.39, 0.29) is 6.10 Å². The Kier molecular flexibility index (Phi) is 5.62. The third-order valence-corrected chi connectivity index (χ3v) is 3.66. The van der Waals surface area contributed by atoms with E-state index < -0.39 is 0 Å². The van der Waals surface area contributed by atoms with Crippen molar-refractivity contribution in [3.63, 3.8) is 0 Å². The monoisotopic (exact) mass is 260 g/mol. The maximum atomic E-state index is 5.78. The highest BCUT2D eigenvalue weighted by molar-refractivity contribution is 5.70. The molecule has 0 heterocycles. The third kappa shape index (κ3) is 3.68. The molecule has 1 aliphatic rings. The summed E-state index contributed by atoms with van der Waals surface area (Å²) in [6.07, 6.45) is 8.46. The van der Waals surface area contributed by atoms with Crippen molar-refractivity contribution in [2.24, 2.45) is 0 Å². The van der Waals surface area contributed by atoms with Gasteiger partial charge in [0.15, 0.2) is 0 Å². The number of hydrogen-bond acceptors (Lipinski definition) is 2. The van der Waals surface area contributed by atoms with Crippen LogP contribution in [0.5, 0.6) is 0 Å².